The molecular weight excluding hydrogens is 482 g/mol. The average molecular weight is 516 g/mol. The first-order chi connectivity index (χ1) is 17.6. The molecule has 6 nitrogen and oxygen atoms in total. The largest absolute Gasteiger partial charge is 0.344 e. The number of amides is 3. The van der Waals surface area contributed by atoms with E-state index in [1.807, 2.05) is 18.4 Å². The van der Waals surface area contributed by atoms with Crippen molar-refractivity contribution in [3.8, 4) is 11.8 Å². The molecule has 0 aromatic heterocycles. The molecule has 0 bridgehead atoms. The molecular formula is C30H33N3O3S. The van der Waals surface area contributed by atoms with Crippen molar-refractivity contribution in [1.29, 1.82) is 0 Å². The summed E-state index contributed by atoms with van der Waals surface area (Å²) in [6.07, 6.45) is 3.63. The molecule has 1 atom stereocenters. The lowest BCUT2D eigenvalue weighted by molar-refractivity contribution is -0.139. The van der Waals surface area contributed by atoms with E-state index in [4.69, 9.17) is 0 Å². The predicted octanol–water partition coefficient (Wildman–Crippen LogP) is 4.63. The number of aryl methyl sites for hydroxylation is 2. The standard InChI is InChI=1S/C30H33N3O3S/c1-6-17-37-23(5)13-12-22(4)32-29(36)28(35)31-19-24-9-7-8-10-26(24)27(34)33-30(15-16-30)25-14-11-20(2)21(3)18-25/h6-11,14,17-18,22H,5,15-16,19H2,1-4H3,(H,31,35)(H,32,36)(H,33,34)/b17-6-. The average Bonchev–Trinajstić information content (AvgIpc) is 3.66. The molecule has 2 aromatic carbocycles. The second-order valence-electron chi connectivity index (χ2n) is 9.15. The van der Waals surface area contributed by atoms with Crippen LogP contribution in [0.3, 0.4) is 0 Å². The second kappa shape index (κ2) is 12.5. The highest BCUT2D eigenvalue weighted by atomic mass is 32.2. The van der Waals surface area contributed by atoms with Gasteiger partial charge in [0.25, 0.3) is 5.91 Å². The Kier molecular flexibility index (Phi) is 9.37. The van der Waals surface area contributed by atoms with E-state index >= 15 is 0 Å². The summed E-state index contributed by atoms with van der Waals surface area (Å²) < 4.78 is 0. The zero-order chi connectivity index (χ0) is 27.0. The van der Waals surface area contributed by atoms with Crippen LogP contribution in [0.1, 0.15) is 59.3 Å². The molecule has 1 fully saturated rings. The van der Waals surface area contributed by atoms with Gasteiger partial charge in [-0.15, -0.1) is 0 Å². The van der Waals surface area contributed by atoms with E-state index < -0.39 is 17.9 Å². The molecule has 2 aromatic rings. The number of carbonyl (C=O) groups excluding carboxylic acids is 3. The van der Waals surface area contributed by atoms with Gasteiger partial charge in [-0.1, -0.05) is 72.7 Å². The van der Waals surface area contributed by atoms with Crippen LogP contribution in [0.2, 0.25) is 0 Å². The zero-order valence-electron chi connectivity index (χ0n) is 21.7. The number of benzene rings is 2. The molecule has 192 valence electrons. The lowest BCUT2D eigenvalue weighted by atomic mass is 9.98. The minimum atomic E-state index is -0.792. The number of hydrogen-bond donors (Lipinski definition) is 3. The fourth-order valence-electron chi connectivity index (χ4n) is 3.75. The Morgan fingerprint density at radius 3 is 2.51 bits per heavy atom. The van der Waals surface area contributed by atoms with Gasteiger partial charge in [-0.25, -0.2) is 0 Å². The van der Waals surface area contributed by atoms with Gasteiger partial charge in [0.1, 0.15) is 0 Å². The van der Waals surface area contributed by atoms with Gasteiger partial charge < -0.3 is 16.0 Å². The highest BCUT2D eigenvalue weighted by molar-refractivity contribution is 8.06. The molecule has 1 aliphatic rings. The summed E-state index contributed by atoms with van der Waals surface area (Å²) in [6, 6.07) is 12.8. The lowest BCUT2D eigenvalue weighted by Gasteiger charge is -2.20. The van der Waals surface area contributed by atoms with E-state index in [0.717, 1.165) is 18.4 Å². The number of thioether (sulfide) groups is 1. The van der Waals surface area contributed by atoms with Gasteiger partial charge in [-0.2, -0.15) is 0 Å². The Hall–Kier alpha value is -3.76. The summed E-state index contributed by atoms with van der Waals surface area (Å²) in [7, 11) is 0. The minimum Gasteiger partial charge on any atom is -0.344 e. The number of hydrogen-bond acceptors (Lipinski definition) is 4. The Labute approximate surface area is 223 Å². The molecule has 1 saturated carbocycles. The summed E-state index contributed by atoms with van der Waals surface area (Å²) in [6.45, 7) is 11.6. The Morgan fingerprint density at radius 1 is 1.11 bits per heavy atom. The van der Waals surface area contributed by atoms with Crippen molar-refractivity contribution in [2.45, 2.75) is 58.7 Å². The maximum atomic E-state index is 13.2. The van der Waals surface area contributed by atoms with Crippen molar-refractivity contribution in [1.82, 2.24) is 16.0 Å². The van der Waals surface area contributed by atoms with E-state index in [9.17, 15) is 14.4 Å². The summed E-state index contributed by atoms with van der Waals surface area (Å²) in [5.41, 5.74) is 4.24. The van der Waals surface area contributed by atoms with Crippen LogP contribution in [0, 0.1) is 25.7 Å². The monoisotopic (exact) mass is 515 g/mol. The van der Waals surface area contributed by atoms with Crippen LogP contribution in [0.15, 0.2) is 65.4 Å². The molecule has 3 rings (SSSR count). The zero-order valence-corrected chi connectivity index (χ0v) is 22.6. The molecule has 3 amide bonds. The highest BCUT2D eigenvalue weighted by Crippen LogP contribution is 2.46. The first kappa shape index (κ1) is 27.8. The van der Waals surface area contributed by atoms with Gasteiger partial charge in [-0.3, -0.25) is 14.4 Å². The first-order valence-corrected chi connectivity index (χ1v) is 13.1. The van der Waals surface area contributed by atoms with Crippen LogP contribution >= 0.6 is 11.8 Å². The number of nitrogens with one attached hydrogen (secondary N) is 3. The van der Waals surface area contributed by atoms with Crippen LogP contribution in [-0.4, -0.2) is 23.8 Å². The van der Waals surface area contributed by atoms with Crippen LogP contribution in [-0.2, 0) is 21.7 Å². The molecule has 3 N–H and O–H groups in total. The van der Waals surface area contributed by atoms with Crippen LogP contribution in [0.25, 0.3) is 0 Å². The molecule has 37 heavy (non-hydrogen) atoms. The van der Waals surface area contributed by atoms with E-state index in [2.05, 4.69) is 66.4 Å². The van der Waals surface area contributed by atoms with Crippen LogP contribution in [0.4, 0.5) is 0 Å². The quantitative estimate of drug-likeness (QED) is 0.354. The molecule has 0 radical (unpaired) electrons. The first-order valence-electron chi connectivity index (χ1n) is 12.2. The van der Waals surface area contributed by atoms with E-state index in [1.165, 1.54) is 22.9 Å². The third-order valence-electron chi connectivity index (χ3n) is 6.19. The smallest absolute Gasteiger partial charge is 0.310 e. The second-order valence-corrected chi connectivity index (χ2v) is 10.2. The SMILES string of the molecule is C=C(C#CC(C)NC(=O)C(=O)NCc1ccccc1C(=O)NC1(c2ccc(C)c(C)c2)CC1)S/C=C\C. The molecule has 0 heterocycles. The third kappa shape index (κ3) is 7.61. The third-order valence-corrected chi connectivity index (χ3v) is 6.99. The van der Waals surface area contributed by atoms with Crippen molar-refractivity contribution in [3.05, 3.63) is 93.2 Å². The molecule has 1 unspecified atom stereocenters. The van der Waals surface area contributed by atoms with E-state index in [1.54, 1.807) is 31.2 Å². The summed E-state index contributed by atoms with van der Waals surface area (Å²) in [5.74, 6) is 3.92. The predicted molar refractivity (Wildman–Crippen MR) is 150 cm³/mol. The Balaban J connectivity index is 1.59. The molecule has 0 spiro atoms. The normalized spacial score (nSPS) is 14.2. The number of carbonyl (C=O) groups is 3. The minimum absolute atomic E-state index is 0.0450. The maximum Gasteiger partial charge on any atom is 0.310 e. The number of allylic oxidation sites excluding steroid dienone is 2. The topological polar surface area (TPSA) is 87.3 Å². The molecule has 0 saturated heterocycles. The van der Waals surface area contributed by atoms with Crippen LogP contribution in [0.5, 0.6) is 0 Å². The summed E-state index contributed by atoms with van der Waals surface area (Å²) >= 11 is 1.39. The van der Waals surface area contributed by atoms with E-state index in [0.29, 0.717) is 16.0 Å². The Bertz CT molecular complexity index is 1300. The molecule has 7 heteroatoms. The van der Waals surface area contributed by atoms with Gasteiger partial charge in [-0.05, 0) is 74.3 Å². The van der Waals surface area contributed by atoms with Crippen molar-refractivity contribution in [2.75, 3.05) is 0 Å². The van der Waals surface area contributed by atoms with Gasteiger partial charge >= 0.3 is 11.8 Å². The summed E-state index contributed by atoms with van der Waals surface area (Å²) in [5, 5.41) is 10.2. The van der Waals surface area contributed by atoms with Gasteiger partial charge in [0.15, 0.2) is 0 Å². The highest BCUT2D eigenvalue weighted by Gasteiger charge is 2.46. The lowest BCUT2D eigenvalue weighted by Crippen LogP contribution is -2.43. The fraction of sp³-hybridized carbons (Fsp3) is 0.300. The molecule has 1 aliphatic carbocycles. The van der Waals surface area contributed by atoms with Gasteiger partial charge in [0.2, 0.25) is 0 Å². The van der Waals surface area contributed by atoms with Gasteiger partial charge in [0, 0.05) is 12.1 Å². The van der Waals surface area contributed by atoms with Crippen molar-refractivity contribution in [2.24, 2.45) is 0 Å². The van der Waals surface area contributed by atoms with Crippen molar-refractivity contribution in [3.63, 3.8) is 0 Å². The van der Waals surface area contributed by atoms with Crippen LogP contribution < -0.4 is 16.0 Å². The fourth-order valence-corrected chi connectivity index (χ4v) is 4.17. The van der Waals surface area contributed by atoms with Crippen molar-refractivity contribution < 1.29 is 14.4 Å². The van der Waals surface area contributed by atoms with Crippen molar-refractivity contribution >= 4 is 29.5 Å². The molecule has 0 aliphatic heterocycles. The van der Waals surface area contributed by atoms with Gasteiger partial charge in [0.05, 0.1) is 16.5 Å². The maximum absolute atomic E-state index is 13.2. The Morgan fingerprint density at radius 2 is 1.84 bits per heavy atom. The number of rotatable bonds is 8. The van der Waals surface area contributed by atoms with E-state index in [-0.39, 0.29) is 18.0 Å². The summed E-state index contributed by atoms with van der Waals surface area (Å²) in [4.78, 5) is 38.6.